The van der Waals surface area contributed by atoms with Crippen LogP contribution in [0.5, 0.6) is 5.75 Å². The number of nitrogens with zero attached hydrogens (tertiary/aromatic N) is 4. The molecular weight excluding hydrogens is 388 g/mol. The standard InChI is InChI=1S/C25H32N4O2/c1-18-15-19(2)27-25(26-18)28-13-10-21(11-14-28)23-9-4-5-12-29(24(23)30)17-20-7-6-8-22(16-20)31-3/h4-8,15-16,21,23H,9-14,17H2,1-3H3/t23-/m0/s1. The molecule has 2 aliphatic rings. The summed E-state index contributed by atoms with van der Waals surface area (Å²) in [4.78, 5) is 26.9. The van der Waals surface area contributed by atoms with Crippen molar-refractivity contribution in [1.82, 2.24) is 14.9 Å². The first-order chi connectivity index (χ1) is 15.0. The van der Waals surface area contributed by atoms with E-state index in [0.29, 0.717) is 19.0 Å². The number of amides is 1. The Morgan fingerprint density at radius 2 is 1.81 bits per heavy atom. The maximum Gasteiger partial charge on any atom is 0.226 e. The van der Waals surface area contributed by atoms with Gasteiger partial charge in [0.2, 0.25) is 11.9 Å². The Labute approximate surface area is 184 Å². The summed E-state index contributed by atoms with van der Waals surface area (Å²) < 4.78 is 5.34. The minimum Gasteiger partial charge on any atom is -0.497 e. The van der Waals surface area contributed by atoms with Crippen LogP contribution in [0.2, 0.25) is 0 Å². The predicted molar refractivity (Wildman–Crippen MR) is 122 cm³/mol. The first-order valence-electron chi connectivity index (χ1n) is 11.2. The van der Waals surface area contributed by atoms with Crippen molar-refractivity contribution in [2.24, 2.45) is 11.8 Å². The van der Waals surface area contributed by atoms with Crippen LogP contribution in [0.4, 0.5) is 5.95 Å². The average Bonchev–Trinajstić information content (AvgIpc) is 2.95. The number of allylic oxidation sites excluding steroid dienone is 1. The van der Waals surface area contributed by atoms with Crippen LogP contribution >= 0.6 is 0 Å². The van der Waals surface area contributed by atoms with E-state index in [1.54, 1.807) is 7.11 Å². The van der Waals surface area contributed by atoms with E-state index in [1.807, 2.05) is 43.0 Å². The first-order valence-corrected chi connectivity index (χ1v) is 11.2. The number of rotatable bonds is 5. The molecule has 0 aliphatic carbocycles. The lowest BCUT2D eigenvalue weighted by atomic mass is 9.81. The van der Waals surface area contributed by atoms with E-state index >= 15 is 0 Å². The van der Waals surface area contributed by atoms with Gasteiger partial charge in [0.1, 0.15) is 5.75 Å². The topological polar surface area (TPSA) is 58.6 Å². The van der Waals surface area contributed by atoms with Crippen molar-refractivity contribution in [1.29, 1.82) is 0 Å². The van der Waals surface area contributed by atoms with Gasteiger partial charge in [0.15, 0.2) is 0 Å². The van der Waals surface area contributed by atoms with Crippen molar-refractivity contribution in [3.63, 3.8) is 0 Å². The fraction of sp³-hybridized carbons (Fsp3) is 0.480. The zero-order valence-electron chi connectivity index (χ0n) is 18.8. The molecule has 0 saturated carbocycles. The molecule has 6 heteroatoms. The van der Waals surface area contributed by atoms with Crippen LogP contribution in [0, 0.1) is 25.7 Å². The number of carbonyl (C=O) groups is 1. The van der Waals surface area contributed by atoms with Gasteiger partial charge in [0.05, 0.1) is 7.11 Å². The molecule has 1 aromatic heterocycles. The van der Waals surface area contributed by atoms with E-state index < -0.39 is 0 Å². The number of carbonyl (C=O) groups excluding carboxylic acids is 1. The maximum absolute atomic E-state index is 13.5. The van der Waals surface area contributed by atoms with Crippen LogP contribution in [-0.2, 0) is 11.3 Å². The Balaban J connectivity index is 1.42. The van der Waals surface area contributed by atoms with Gasteiger partial charge in [-0.2, -0.15) is 0 Å². The highest BCUT2D eigenvalue weighted by molar-refractivity contribution is 5.80. The van der Waals surface area contributed by atoms with E-state index in [0.717, 1.165) is 61.0 Å². The normalized spacial score (nSPS) is 20.1. The summed E-state index contributed by atoms with van der Waals surface area (Å²) in [6.45, 7) is 7.11. The number of hydrogen-bond donors (Lipinski definition) is 0. The molecule has 0 bridgehead atoms. The molecule has 1 atom stereocenters. The lowest BCUT2D eigenvalue weighted by Crippen LogP contribution is -2.42. The molecule has 31 heavy (non-hydrogen) atoms. The van der Waals surface area contributed by atoms with Crippen LogP contribution in [0.15, 0.2) is 42.5 Å². The predicted octanol–water partition coefficient (Wildman–Crippen LogP) is 3.92. The largest absolute Gasteiger partial charge is 0.497 e. The smallest absolute Gasteiger partial charge is 0.226 e. The van der Waals surface area contributed by atoms with Crippen molar-refractivity contribution in [2.45, 2.75) is 39.7 Å². The minimum absolute atomic E-state index is 0.0478. The molecule has 3 heterocycles. The molecule has 1 fully saturated rings. The van der Waals surface area contributed by atoms with Crippen LogP contribution in [-0.4, -0.2) is 47.5 Å². The molecule has 2 aromatic rings. The van der Waals surface area contributed by atoms with Gasteiger partial charge in [-0.25, -0.2) is 9.97 Å². The Morgan fingerprint density at radius 1 is 1.06 bits per heavy atom. The zero-order valence-corrected chi connectivity index (χ0v) is 18.8. The third kappa shape index (κ3) is 5.06. The lowest BCUT2D eigenvalue weighted by molar-refractivity contribution is -0.137. The van der Waals surface area contributed by atoms with Gasteiger partial charge in [-0.1, -0.05) is 24.3 Å². The summed E-state index contributed by atoms with van der Waals surface area (Å²) in [7, 11) is 1.67. The molecule has 6 nitrogen and oxygen atoms in total. The summed E-state index contributed by atoms with van der Waals surface area (Å²) in [5.74, 6) is 2.36. The number of methoxy groups -OCH3 is 1. The molecule has 2 aliphatic heterocycles. The van der Waals surface area contributed by atoms with Crippen LogP contribution < -0.4 is 9.64 Å². The first kappa shape index (κ1) is 21.3. The summed E-state index contributed by atoms with van der Waals surface area (Å²) in [6, 6.07) is 9.99. The molecule has 4 rings (SSSR count). The van der Waals surface area contributed by atoms with E-state index in [4.69, 9.17) is 4.74 Å². The molecular formula is C25H32N4O2. The van der Waals surface area contributed by atoms with Crippen molar-refractivity contribution in [3.8, 4) is 5.75 Å². The van der Waals surface area contributed by atoms with Crippen LogP contribution in [0.1, 0.15) is 36.2 Å². The van der Waals surface area contributed by atoms with E-state index in [2.05, 4.69) is 33.1 Å². The van der Waals surface area contributed by atoms with Crippen molar-refractivity contribution in [2.75, 3.05) is 31.6 Å². The van der Waals surface area contributed by atoms with Gasteiger partial charge < -0.3 is 14.5 Å². The summed E-state index contributed by atoms with van der Waals surface area (Å²) in [5.41, 5.74) is 3.10. The van der Waals surface area contributed by atoms with E-state index in [9.17, 15) is 4.79 Å². The fourth-order valence-electron chi connectivity index (χ4n) is 4.75. The third-order valence-electron chi connectivity index (χ3n) is 6.38. The Kier molecular flexibility index (Phi) is 6.54. The second-order valence-corrected chi connectivity index (χ2v) is 8.66. The fourth-order valence-corrected chi connectivity index (χ4v) is 4.75. The molecule has 0 unspecified atom stereocenters. The van der Waals surface area contributed by atoms with Crippen LogP contribution in [0.25, 0.3) is 0 Å². The quantitative estimate of drug-likeness (QED) is 0.686. The van der Waals surface area contributed by atoms with Gasteiger partial charge in [0, 0.05) is 43.5 Å². The van der Waals surface area contributed by atoms with Crippen molar-refractivity contribution < 1.29 is 9.53 Å². The number of piperidine rings is 1. The molecule has 0 spiro atoms. The van der Waals surface area contributed by atoms with Gasteiger partial charge in [-0.05, 0) is 62.8 Å². The molecule has 0 radical (unpaired) electrons. The number of anilines is 1. The number of benzene rings is 1. The average molecular weight is 421 g/mol. The van der Waals surface area contributed by atoms with Gasteiger partial charge in [-0.15, -0.1) is 0 Å². The summed E-state index contributed by atoms with van der Waals surface area (Å²) in [5, 5.41) is 0. The number of ether oxygens (including phenoxy) is 1. The molecule has 164 valence electrons. The highest BCUT2D eigenvalue weighted by Gasteiger charge is 2.34. The van der Waals surface area contributed by atoms with E-state index in [-0.39, 0.29) is 11.8 Å². The molecule has 1 amide bonds. The second kappa shape index (κ2) is 9.50. The van der Waals surface area contributed by atoms with Gasteiger partial charge >= 0.3 is 0 Å². The van der Waals surface area contributed by atoms with E-state index in [1.165, 1.54) is 0 Å². The number of aryl methyl sites for hydroxylation is 2. The Bertz CT molecular complexity index is 930. The number of aromatic nitrogens is 2. The second-order valence-electron chi connectivity index (χ2n) is 8.66. The SMILES string of the molecule is COc1cccc(CN2CC=CC[C@@H](C3CCN(c4nc(C)cc(C)n4)CC3)C2=O)c1. The van der Waals surface area contributed by atoms with Crippen LogP contribution in [0.3, 0.4) is 0 Å². The Hall–Kier alpha value is -2.89. The number of hydrogen-bond acceptors (Lipinski definition) is 5. The molecule has 1 aromatic carbocycles. The van der Waals surface area contributed by atoms with Crippen molar-refractivity contribution >= 4 is 11.9 Å². The van der Waals surface area contributed by atoms with Gasteiger partial charge in [0.25, 0.3) is 0 Å². The zero-order chi connectivity index (χ0) is 21.8. The monoisotopic (exact) mass is 420 g/mol. The highest BCUT2D eigenvalue weighted by atomic mass is 16.5. The highest BCUT2D eigenvalue weighted by Crippen LogP contribution is 2.32. The lowest BCUT2D eigenvalue weighted by Gasteiger charge is -2.36. The molecule has 0 N–H and O–H groups in total. The third-order valence-corrected chi connectivity index (χ3v) is 6.38. The van der Waals surface area contributed by atoms with Crippen molar-refractivity contribution in [3.05, 3.63) is 59.4 Å². The molecule has 1 saturated heterocycles. The summed E-state index contributed by atoms with van der Waals surface area (Å²) in [6.07, 6.45) is 7.14. The summed E-state index contributed by atoms with van der Waals surface area (Å²) >= 11 is 0. The van der Waals surface area contributed by atoms with Gasteiger partial charge in [-0.3, -0.25) is 4.79 Å². The Morgan fingerprint density at radius 3 is 2.52 bits per heavy atom. The minimum atomic E-state index is 0.0478. The maximum atomic E-state index is 13.5.